The molecule has 3 aromatic rings. The van der Waals surface area contributed by atoms with E-state index in [1.807, 2.05) is 32.0 Å². The summed E-state index contributed by atoms with van der Waals surface area (Å²) in [6.07, 6.45) is 4.94. The zero-order valence-electron chi connectivity index (χ0n) is 22.2. The van der Waals surface area contributed by atoms with Crippen molar-refractivity contribution in [3.8, 4) is 0 Å². The molecule has 10 nitrogen and oxygen atoms in total. The molecular formula is C27H34ClN7O3S. The molecule has 2 aromatic heterocycles. The summed E-state index contributed by atoms with van der Waals surface area (Å²) in [5.41, 5.74) is 3.51. The summed E-state index contributed by atoms with van der Waals surface area (Å²) in [4.78, 5) is 42.8. The summed E-state index contributed by atoms with van der Waals surface area (Å²) in [5.74, 6) is 1.81. The fourth-order valence-corrected chi connectivity index (χ4v) is 5.59. The number of rotatable bonds is 12. The van der Waals surface area contributed by atoms with Crippen LogP contribution in [-0.4, -0.2) is 69.5 Å². The molecule has 1 aliphatic heterocycles. The number of carbonyl (C=O) groups is 2. The molecule has 0 atom stereocenters. The molecule has 0 aliphatic carbocycles. The lowest BCUT2D eigenvalue weighted by Crippen LogP contribution is -2.47. The second-order valence-electron chi connectivity index (χ2n) is 9.62. The number of nitrogens with zero attached hydrogens (tertiary/aromatic N) is 5. The molecule has 3 heterocycles. The molecule has 1 aliphatic rings. The van der Waals surface area contributed by atoms with Crippen LogP contribution in [0.1, 0.15) is 52.3 Å². The highest BCUT2D eigenvalue weighted by atomic mass is 35.5. The lowest BCUT2D eigenvalue weighted by molar-refractivity contribution is -0.129. The second-order valence-corrected chi connectivity index (χ2v) is 11.1. The Morgan fingerprint density at radius 1 is 1.10 bits per heavy atom. The van der Waals surface area contributed by atoms with Crippen LogP contribution in [0.3, 0.4) is 0 Å². The SMILES string of the molecule is Cc1nc(Nc2ncc(C(=O)Cc3c(C)cccc3Cl)s2)cc(N2CCN(CCCCCC(=O)NO)CC2)n1. The topological polar surface area (TPSA) is 124 Å². The summed E-state index contributed by atoms with van der Waals surface area (Å²) in [6.45, 7) is 8.40. The van der Waals surface area contributed by atoms with Crippen LogP contribution in [0.4, 0.5) is 16.8 Å². The van der Waals surface area contributed by atoms with Crippen molar-refractivity contribution in [1.29, 1.82) is 0 Å². The van der Waals surface area contributed by atoms with Gasteiger partial charge in [-0.15, -0.1) is 0 Å². The Hall–Kier alpha value is -3.12. The van der Waals surface area contributed by atoms with E-state index in [0.29, 0.717) is 33.1 Å². The van der Waals surface area contributed by atoms with E-state index >= 15 is 0 Å². The number of benzene rings is 1. The van der Waals surface area contributed by atoms with Crippen LogP contribution in [0, 0.1) is 13.8 Å². The summed E-state index contributed by atoms with van der Waals surface area (Å²) < 4.78 is 0. The van der Waals surface area contributed by atoms with Gasteiger partial charge in [0.1, 0.15) is 17.5 Å². The smallest absolute Gasteiger partial charge is 0.243 e. The van der Waals surface area contributed by atoms with Crippen molar-refractivity contribution in [1.82, 2.24) is 25.3 Å². The monoisotopic (exact) mass is 571 g/mol. The predicted molar refractivity (Wildman–Crippen MR) is 153 cm³/mol. The van der Waals surface area contributed by atoms with E-state index in [4.69, 9.17) is 16.8 Å². The lowest BCUT2D eigenvalue weighted by atomic mass is 10.0. The third-order valence-electron chi connectivity index (χ3n) is 6.73. The number of thiazole rings is 1. The zero-order chi connectivity index (χ0) is 27.8. The molecule has 0 radical (unpaired) electrons. The summed E-state index contributed by atoms with van der Waals surface area (Å²) >= 11 is 7.60. The van der Waals surface area contributed by atoms with Gasteiger partial charge in [0.15, 0.2) is 10.9 Å². The first-order valence-corrected chi connectivity index (χ1v) is 14.3. The zero-order valence-corrected chi connectivity index (χ0v) is 23.8. The number of hydrogen-bond donors (Lipinski definition) is 3. The molecule has 3 N–H and O–H groups in total. The molecule has 0 unspecified atom stereocenters. The lowest BCUT2D eigenvalue weighted by Gasteiger charge is -2.35. The van der Waals surface area contributed by atoms with Crippen molar-refractivity contribution < 1.29 is 14.8 Å². The summed E-state index contributed by atoms with van der Waals surface area (Å²) in [7, 11) is 0. The van der Waals surface area contributed by atoms with E-state index < -0.39 is 0 Å². The first kappa shape index (κ1) is 28.9. The number of hydroxylamine groups is 1. The number of piperazine rings is 1. The van der Waals surface area contributed by atoms with E-state index in [2.05, 4.69) is 30.1 Å². The van der Waals surface area contributed by atoms with Gasteiger partial charge in [0, 0.05) is 50.1 Å². The van der Waals surface area contributed by atoms with Gasteiger partial charge < -0.3 is 10.2 Å². The Morgan fingerprint density at radius 2 is 1.90 bits per heavy atom. The third-order valence-corrected chi connectivity index (χ3v) is 8.04. The molecule has 0 saturated carbocycles. The van der Waals surface area contributed by atoms with Crippen LogP contribution in [0.2, 0.25) is 5.02 Å². The van der Waals surface area contributed by atoms with Crippen molar-refractivity contribution in [2.75, 3.05) is 42.9 Å². The number of Topliss-reactive ketones (excluding diaryl/α,β-unsaturated/α-hetero) is 1. The molecular weight excluding hydrogens is 538 g/mol. The van der Waals surface area contributed by atoms with Crippen LogP contribution in [0.5, 0.6) is 0 Å². The van der Waals surface area contributed by atoms with E-state index in [9.17, 15) is 9.59 Å². The van der Waals surface area contributed by atoms with Gasteiger partial charge in [-0.3, -0.25) is 19.7 Å². The second kappa shape index (κ2) is 13.8. The minimum Gasteiger partial charge on any atom is -0.354 e. The van der Waals surface area contributed by atoms with Gasteiger partial charge in [-0.05, 0) is 50.4 Å². The minimum atomic E-state index is -0.329. The largest absolute Gasteiger partial charge is 0.354 e. The van der Waals surface area contributed by atoms with Crippen LogP contribution in [0.15, 0.2) is 30.5 Å². The van der Waals surface area contributed by atoms with Gasteiger partial charge in [0.2, 0.25) is 5.91 Å². The molecule has 39 heavy (non-hydrogen) atoms. The van der Waals surface area contributed by atoms with Gasteiger partial charge in [-0.1, -0.05) is 41.5 Å². The highest BCUT2D eigenvalue weighted by Crippen LogP contribution is 2.27. The number of unbranched alkanes of at least 4 members (excludes halogenated alkanes) is 2. The van der Waals surface area contributed by atoms with Crippen molar-refractivity contribution in [2.45, 2.75) is 46.0 Å². The van der Waals surface area contributed by atoms with Gasteiger partial charge in [0.05, 0.1) is 11.1 Å². The molecule has 1 saturated heterocycles. The fraction of sp³-hybridized carbons (Fsp3) is 0.444. The minimum absolute atomic E-state index is 0.0233. The predicted octanol–water partition coefficient (Wildman–Crippen LogP) is 4.56. The molecule has 0 spiro atoms. The Kier molecular flexibility index (Phi) is 10.2. The first-order chi connectivity index (χ1) is 18.8. The molecule has 1 aromatic carbocycles. The van der Waals surface area contributed by atoms with Crippen LogP contribution in [0.25, 0.3) is 0 Å². The van der Waals surface area contributed by atoms with Gasteiger partial charge >= 0.3 is 0 Å². The van der Waals surface area contributed by atoms with Crippen LogP contribution in [-0.2, 0) is 11.2 Å². The van der Waals surface area contributed by atoms with Gasteiger partial charge in [-0.25, -0.2) is 20.4 Å². The number of nitrogens with one attached hydrogen (secondary N) is 2. The Balaban J connectivity index is 1.29. The highest BCUT2D eigenvalue weighted by molar-refractivity contribution is 7.17. The van der Waals surface area contributed by atoms with E-state index in [1.165, 1.54) is 11.3 Å². The average molecular weight is 572 g/mol. The van der Waals surface area contributed by atoms with E-state index in [0.717, 1.165) is 68.9 Å². The number of amides is 1. The summed E-state index contributed by atoms with van der Waals surface area (Å²) in [6, 6.07) is 7.56. The maximum atomic E-state index is 12.9. The van der Waals surface area contributed by atoms with Gasteiger partial charge in [-0.2, -0.15) is 0 Å². The van der Waals surface area contributed by atoms with Crippen LogP contribution < -0.4 is 15.7 Å². The Morgan fingerprint density at radius 3 is 2.64 bits per heavy atom. The number of carbonyl (C=O) groups excluding carboxylic acids is 2. The average Bonchev–Trinajstić information content (AvgIpc) is 3.39. The number of aromatic nitrogens is 3. The van der Waals surface area contributed by atoms with E-state index in [1.54, 1.807) is 17.7 Å². The maximum absolute atomic E-state index is 12.9. The fourth-order valence-electron chi connectivity index (χ4n) is 4.54. The van der Waals surface area contributed by atoms with Gasteiger partial charge in [0.25, 0.3) is 0 Å². The molecule has 4 rings (SSSR count). The number of halogens is 1. The van der Waals surface area contributed by atoms with Crippen molar-refractivity contribution >= 4 is 51.4 Å². The normalized spacial score (nSPS) is 13.9. The maximum Gasteiger partial charge on any atom is 0.243 e. The molecule has 208 valence electrons. The molecule has 1 fully saturated rings. The number of aryl methyl sites for hydroxylation is 2. The van der Waals surface area contributed by atoms with Crippen LogP contribution >= 0.6 is 22.9 Å². The van der Waals surface area contributed by atoms with Crippen molar-refractivity contribution in [3.05, 3.63) is 57.3 Å². The first-order valence-electron chi connectivity index (χ1n) is 13.1. The number of hydrogen-bond acceptors (Lipinski definition) is 10. The number of anilines is 3. The van der Waals surface area contributed by atoms with Crippen molar-refractivity contribution in [3.63, 3.8) is 0 Å². The Bertz CT molecular complexity index is 1270. The highest BCUT2D eigenvalue weighted by Gasteiger charge is 2.20. The third kappa shape index (κ3) is 8.18. The number of ketones is 1. The Labute approximate surface area is 237 Å². The van der Waals surface area contributed by atoms with Crippen molar-refractivity contribution in [2.24, 2.45) is 0 Å². The standard InChI is InChI=1S/C27H34ClN7O3S/c1-18-7-6-8-21(28)20(18)15-22(36)23-17-29-27(39-23)32-24-16-25(31-19(2)30-24)35-13-11-34(12-14-35)10-5-3-4-9-26(37)33-38/h6-8,16-17,38H,3-5,9-15H2,1-2H3,(H,33,37)(H,29,30,31,32). The molecule has 12 heteroatoms. The summed E-state index contributed by atoms with van der Waals surface area (Å²) in [5, 5.41) is 13.0. The van der Waals surface area contributed by atoms with E-state index in [-0.39, 0.29) is 18.1 Å². The molecule has 1 amide bonds. The molecule has 0 bridgehead atoms. The quantitative estimate of drug-likeness (QED) is 0.124.